The first-order valence-electron chi connectivity index (χ1n) is 15.4. The smallest absolute Gasteiger partial charge is 0.312 e. The number of carbonyl (C=O) groups excluding carboxylic acids is 6. The van der Waals surface area contributed by atoms with Gasteiger partial charge in [-0.25, -0.2) is 4.79 Å². The molecule has 6 N–H and O–H groups in total. The SMILES string of the molecule is CC(C)Cc1ccc(NC(=O)[C@H](CCCNC(N)=O)NC(=O)[C@@H](NC(=O)C(C)(C)CC(C)(C)N2C(=O)C=CC2=O)C(C)C)cc1. The Kier molecular flexibility index (Phi) is 12.9. The van der Waals surface area contributed by atoms with E-state index in [2.05, 4.69) is 35.1 Å². The Morgan fingerprint density at radius 1 is 0.867 bits per heavy atom. The molecule has 0 radical (unpaired) electrons. The van der Waals surface area contributed by atoms with Crippen LogP contribution in [0, 0.1) is 17.3 Å². The van der Waals surface area contributed by atoms with Crippen molar-refractivity contribution in [1.29, 1.82) is 0 Å². The maximum Gasteiger partial charge on any atom is 0.312 e. The number of nitrogens with zero attached hydrogens (tertiary/aromatic N) is 1. The third-order valence-corrected chi connectivity index (χ3v) is 7.61. The predicted molar refractivity (Wildman–Crippen MR) is 173 cm³/mol. The molecular weight excluding hydrogens is 576 g/mol. The molecule has 1 aliphatic rings. The number of hydrogen-bond donors (Lipinski definition) is 5. The summed E-state index contributed by atoms with van der Waals surface area (Å²) < 4.78 is 0. The normalized spacial score (nSPS) is 14.8. The minimum atomic E-state index is -1.07. The van der Waals surface area contributed by atoms with Crippen LogP contribution in [0.2, 0.25) is 0 Å². The van der Waals surface area contributed by atoms with Gasteiger partial charge in [-0.1, -0.05) is 53.7 Å². The Bertz CT molecular complexity index is 1270. The van der Waals surface area contributed by atoms with Gasteiger partial charge in [0.15, 0.2) is 0 Å². The molecule has 0 fully saturated rings. The van der Waals surface area contributed by atoms with E-state index in [0.29, 0.717) is 18.0 Å². The van der Waals surface area contributed by atoms with E-state index in [9.17, 15) is 28.8 Å². The number of hydrogen-bond acceptors (Lipinski definition) is 6. The lowest BCUT2D eigenvalue weighted by Crippen LogP contribution is -2.57. The van der Waals surface area contributed by atoms with Crippen LogP contribution in [0.5, 0.6) is 0 Å². The lowest BCUT2D eigenvalue weighted by Gasteiger charge is -2.40. The summed E-state index contributed by atoms with van der Waals surface area (Å²) in [5.41, 5.74) is 4.83. The molecule has 0 aliphatic carbocycles. The Morgan fingerprint density at radius 3 is 1.96 bits per heavy atom. The van der Waals surface area contributed by atoms with Crippen LogP contribution in [-0.4, -0.2) is 64.6 Å². The molecule has 2 atom stereocenters. The van der Waals surface area contributed by atoms with Crippen molar-refractivity contribution in [2.45, 2.75) is 98.7 Å². The number of nitrogens with two attached hydrogens (primary N) is 1. The zero-order valence-electron chi connectivity index (χ0n) is 27.8. The molecule has 0 unspecified atom stereocenters. The van der Waals surface area contributed by atoms with Crippen molar-refractivity contribution < 1.29 is 28.8 Å². The molecule has 0 aromatic heterocycles. The molecular formula is C33H50N6O6. The molecule has 1 aliphatic heterocycles. The van der Waals surface area contributed by atoms with E-state index in [1.165, 1.54) is 12.2 Å². The second-order valence-corrected chi connectivity index (χ2v) is 13.7. The fourth-order valence-corrected chi connectivity index (χ4v) is 5.58. The molecule has 12 nitrogen and oxygen atoms in total. The number of rotatable bonds is 16. The maximum absolute atomic E-state index is 13.6. The van der Waals surface area contributed by atoms with Crippen molar-refractivity contribution in [3.8, 4) is 0 Å². The number of anilines is 1. The van der Waals surface area contributed by atoms with E-state index in [0.717, 1.165) is 16.9 Å². The third-order valence-electron chi connectivity index (χ3n) is 7.61. The van der Waals surface area contributed by atoms with E-state index in [1.807, 2.05) is 24.3 Å². The van der Waals surface area contributed by atoms with Crippen molar-refractivity contribution >= 4 is 41.3 Å². The highest BCUT2D eigenvalue weighted by Crippen LogP contribution is 2.34. The second-order valence-electron chi connectivity index (χ2n) is 13.7. The first kappa shape index (κ1) is 37.0. The second kappa shape index (κ2) is 15.7. The summed E-state index contributed by atoms with van der Waals surface area (Å²) in [5.74, 6) is -2.16. The lowest BCUT2D eigenvalue weighted by atomic mass is 9.78. The molecule has 0 saturated carbocycles. The molecule has 45 heavy (non-hydrogen) atoms. The fraction of sp³-hybridized carbons (Fsp3) is 0.576. The number of amides is 7. The van der Waals surface area contributed by atoms with Crippen LogP contribution in [-0.2, 0) is 30.4 Å². The zero-order chi connectivity index (χ0) is 34.1. The molecule has 1 aromatic rings. The van der Waals surface area contributed by atoms with Gasteiger partial charge < -0.3 is 27.0 Å². The highest BCUT2D eigenvalue weighted by atomic mass is 16.2. The summed E-state index contributed by atoms with van der Waals surface area (Å²) >= 11 is 0. The summed E-state index contributed by atoms with van der Waals surface area (Å²) in [7, 11) is 0. The van der Waals surface area contributed by atoms with E-state index >= 15 is 0 Å². The number of carbonyl (C=O) groups is 6. The Morgan fingerprint density at radius 2 is 1.44 bits per heavy atom. The Hall–Kier alpha value is -4.22. The molecule has 2 rings (SSSR count). The number of imide groups is 1. The molecule has 0 spiro atoms. The van der Waals surface area contributed by atoms with E-state index in [1.54, 1.807) is 41.5 Å². The molecule has 7 amide bonds. The largest absolute Gasteiger partial charge is 0.352 e. The lowest BCUT2D eigenvalue weighted by molar-refractivity contribution is -0.146. The van der Waals surface area contributed by atoms with Crippen LogP contribution in [0.4, 0.5) is 10.5 Å². The average molecular weight is 627 g/mol. The van der Waals surface area contributed by atoms with Gasteiger partial charge in [0.1, 0.15) is 12.1 Å². The van der Waals surface area contributed by atoms with Crippen LogP contribution in [0.1, 0.15) is 80.2 Å². The summed E-state index contributed by atoms with van der Waals surface area (Å²) in [6.07, 6.45) is 4.02. The van der Waals surface area contributed by atoms with Crippen LogP contribution in [0.25, 0.3) is 0 Å². The highest BCUT2D eigenvalue weighted by Gasteiger charge is 2.44. The van der Waals surface area contributed by atoms with Gasteiger partial charge in [0.2, 0.25) is 17.7 Å². The third kappa shape index (κ3) is 11.0. The summed E-state index contributed by atoms with van der Waals surface area (Å²) in [5, 5.41) is 11.0. The molecule has 0 saturated heterocycles. The minimum absolute atomic E-state index is 0.144. The van der Waals surface area contributed by atoms with Gasteiger partial charge in [-0.3, -0.25) is 28.9 Å². The highest BCUT2D eigenvalue weighted by molar-refractivity contribution is 6.13. The number of urea groups is 1. The van der Waals surface area contributed by atoms with Crippen LogP contribution < -0.4 is 27.0 Å². The van der Waals surface area contributed by atoms with E-state index < -0.39 is 58.6 Å². The van der Waals surface area contributed by atoms with Gasteiger partial charge in [-0.15, -0.1) is 0 Å². The summed E-state index contributed by atoms with van der Waals surface area (Å²) in [4.78, 5) is 77.3. The van der Waals surface area contributed by atoms with Crippen LogP contribution in [0.3, 0.4) is 0 Å². The van der Waals surface area contributed by atoms with Gasteiger partial charge in [0.25, 0.3) is 11.8 Å². The van der Waals surface area contributed by atoms with Crippen molar-refractivity contribution in [2.75, 3.05) is 11.9 Å². The molecule has 0 bridgehead atoms. The predicted octanol–water partition coefficient (Wildman–Crippen LogP) is 3.02. The van der Waals surface area contributed by atoms with Crippen molar-refractivity contribution in [1.82, 2.24) is 20.9 Å². The van der Waals surface area contributed by atoms with Gasteiger partial charge >= 0.3 is 6.03 Å². The average Bonchev–Trinajstić information content (AvgIpc) is 3.26. The van der Waals surface area contributed by atoms with E-state index in [4.69, 9.17) is 5.73 Å². The number of primary amides is 1. The van der Waals surface area contributed by atoms with Gasteiger partial charge in [0, 0.05) is 35.3 Å². The van der Waals surface area contributed by atoms with Crippen molar-refractivity contribution in [3.05, 3.63) is 42.0 Å². The molecule has 248 valence electrons. The molecule has 1 heterocycles. The first-order chi connectivity index (χ1) is 20.8. The Labute approximate surface area is 266 Å². The van der Waals surface area contributed by atoms with Crippen molar-refractivity contribution in [2.24, 2.45) is 23.0 Å². The summed E-state index contributed by atoms with van der Waals surface area (Å²) in [6, 6.07) is 4.87. The number of nitrogens with one attached hydrogen (secondary N) is 4. The fourth-order valence-electron chi connectivity index (χ4n) is 5.58. The van der Waals surface area contributed by atoms with Gasteiger partial charge in [-0.2, -0.15) is 0 Å². The minimum Gasteiger partial charge on any atom is -0.352 e. The zero-order valence-corrected chi connectivity index (χ0v) is 27.8. The quantitative estimate of drug-likeness (QED) is 0.139. The molecule has 1 aromatic carbocycles. The van der Waals surface area contributed by atoms with E-state index in [-0.39, 0.29) is 25.3 Å². The van der Waals surface area contributed by atoms with Crippen LogP contribution in [0.15, 0.2) is 36.4 Å². The standard InChI is InChI=1S/C33H50N6O6/c1-20(2)18-22-11-13-23(14-12-22)36-28(42)24(10-9-17-35-31(34)45)37-29(43)27(21(3)4)38-30(44)32(5,6)19-33(7,8)39-25(40)15-16-26(39)41/h11-16,20-21,24,27H,9-10,17-19H2,1-8H3,(H,36,42)(H,37,43)(H,38,44)(H3,34,35,45)/t24-,27-/m0/s1. The molecule has 12 heteroatoms. The van der Waals surface area contributed by atoms with Gasteiger partial charge in [-0.05, 0) is 69.1 Å². The summed E-state index contributed by atoms with van der Waals surface area (Å²) in [6.45, 7) is 14.8. The maximum atomic E-state index is 13.6. The van der Waals surface area contributed by atoms with Crippen molar-refractivity contribution in [3.63, 3.8) is 0 Å². The topological polar surface area (TPSA) is 180 Å². The van der Waals surface area contributed by atoms with Gasteiger partial charge in [0.05, 0.1) is 0 Å². The monoisotopic (exact) mass is 626 g/mol. The van der Waals surface area contributed by atoms with Crippen LogP contribution >= 0.6 is 0 Å². The first-order valence-corrected chi connectivity index (χ1v) is 15.4. The number of benzene rings is 1. The Balaban J connectivity index is 2.17.